The maximum atomic E-state index is 5.98. The zero-order chi connectivity index (χ0) is 26.3. The lowest BCUT2D eigenvalue weighted by atomic mass is 9.90. The standard InChI is InChI=1S/C31H40ClN5/c1-31(2,3)16-10-20-37-27(26-14-13-24-11-6-7-12-25(24)21-26)22-35-30(37)28-23-34-29(15-17-32)36(28)19-9-5-8-18-33-4/h6-7,11-15,17,21-23,33H,5,8-10,16,18-20H2,1-4H3/b17-15-. The Morgan fingerprint density at radius 2 is 1.62 bits per heavy atom. The predicted molar refractivity (Wildman–Crippen MR) is 158 cm³/mol. The summed E-state index contributed by atoms with van der Waals surface area (Å²) in [5, 5.41) is 5.73. The van der Waals surface area contributed by atoms with E-state index in [1.807, 2.05) is 25.5 Å². The Balaban J connectivity index is 1.73. The largest absolute Gasteiger partial charge is 0.323 e. The first-order valence-electron chi connectivity index (χ1n) is 13.4. The fraction of sp³-hybridized carbons (Fsp3) is 0.419. The molecule has 196 valence electrons. The Labute approximate surface area is 226 Å². The van der Waals surface area contributed by atoms with E-state index in [-0.39, 0.29) is 5.41 Å². The molecule has 0 atom stereocenters. The Morgan fingerprint density at radius 3 is 2.38 bits per heavy atom. The van der Waals surface area contributed by atoms with E-state index >= 15 is 0 Å². The second-order valence-electron chi connectivity index (χ2n) is 11.0. The molecule has 0 spiro atoms. The van der Waals surface area contributed by atoms with Crippen molar-refractivity contribution in [2.75, 3.05) is 13.6 Å². The zero-order valence-corrected chi connectivity index (χ0v) is 23.4. The second kappa shape index (κ2) is 12.6. The molecule has 0 aliphatic rings. The van der Waals surface area contributed by atoms with Gasteiger partial charge in [0.05, 0.1) is 18.1 Å². The summed E-state index contributed by atoms with van der Waals surface area (Å²) in [4.78, 5) is 9.69. The third-order valence-corrected chi connectivity index (χ3v) is 6.97. The number of benzene rings is 2. The quantitative estimate of drug-likeness (QED) is 0.194. The number of rotatable bonds is 12. The van der Waals surface area contributed by atoms with Gasteiger partial charge < -0.3 is 14.5 Å². The number of unbranched alkanes of at least 4 members (excludes halogenated alkanes) is 2. The first-order chi connectivity index (χ1) is 17.9. The van der Waals surface area contributed by atoms with E-state index in [4.69, 9.17) is 21.6 Å². The van der Waals surface area contributed by atoms with Crippen LogP contribution in [0.25, 0.3) is 39.6 Å². The van der Waals surface area contributed by atoms with Crippen molar-refractivity contribution in [2.45, 2.75) is 66.0 Å². The fourth-order valence-electron chi connectivity index (χ4n) is 4.89. The topological polar surface area (TPSA) is 47.7 Å². The van der Waals surface area contributed by atoms with Crippen LogP contribution < -0.4 is 5.32 Å². The third-order valence-electron chi connectivity index (χ3n) is 6.85. The average molecular weight is 518 g/mol. The molecule has 4 aromatic rings. The van der Waals surface area contributed by atoms with Gasteiger partial charge in [0.2, 0.25) is 0 Å². The van der Waals surface area contributed by atoms with Crippen LogP contribution >= 0.6 is 11.6 Å². The van der Waals surface area contributed by atoms with Crippen molar-refractivity contribution in [3.63, 3.8) is 0 Å². The maximum absolute atomic E-state index is 5.98. The van der Waals surface area contributed by atoms with Gasteiger partial charge in [0.15, 0.2) is 5.82 Å². The van der Waals surface area contributed by atoms with E-state index in [0.717, 1.165) is 74.8 Å². The maximum Gasteiger partial charge on any atom is 0.158 e. The molecular formula is C31H40ClN5. The number of hydrogen-bond acceptors (Lipinski definition) is 3. The molecule has 2 aromatic carbocycles. The van der Waals surface area contributed by atoms with E-state index in [2.05, 4.69) is 77.7 Å². The van der Waals surface area contributed by atoms with Crippen LogP contribution in [0.2, 0.25) is 0 Å². The number of nitrogens with one attached hydrogen (secondary N) is 1. The van der Waals surface area contributed by atoms with Crippen LogP contribution in [-0.2, 0) is 13.1 Å². The first kappa shape index (κ1) is 27.2. The van der Waals surface area contributed by atoms with Crippen molar-refractivity contribution in [1.82, 2.24) is 24.4 Å². The molecule has 0 unspecified atom stereocenters. The molecule has 0 saturated heterocycles. The van der Waals surface area contributed by atoms with E-state index in [1.165, 1.54) is 16.3 Å². The summed E-state index contributed by atoms with van der Waals surface area (Å²) in [5.74, 6) is 1.84. The molecule has 0 amide bonds. The normalized spacial score (nSPS) is 12.2. The van der Waals surface area contributed by atoms with Gasteiger partial charge in [-0.2, -0.15) is 0 Å². The number of nitrogens with zero attached hydrogens (tertiary/aromatic N) is 4. The molecule has 5 nitrogen and oxygen atoms in total. The lowest BCUT2D eigenvalue weighted by molar-refractivity contribution is 0.354. The molecule has 0 aliphatic carbocycles. The van der Waals surface area contributed by atoms with Crippen molar-refractivity contribution < 1.29 is 0 Å². The molecule has 6 heteroatoms. The number of imidazole rings is 2. The second-order valence-corrected chi connectivity index (χ2v) is 11.2. The number of fused-ring (bicyclic) bond motifs is 1. The molecule has 4 rings (SSSR count). The zero-order valence-electron chi connectivity index (χ0n) is 22.7. The van der Waals surface area contributed by atoms with Gasteiger partial charge in [0.1, 0.15) is 11.5 Å². The predicted octanol–water partition coefficient (Wildman–Crippen LogP) is 7.99. The Bertz CT molecular complexity index is 1330. The SMILES string of the molecule is CNCCCCCn1c(-c2ncc(-c3ccc4ccccc4c3)n2CCCC(C)(C)C)cnc1/C=C\Cl. The van der Waals surface area contributed by atoms with Crippen molar-refractivity contribution >= 4 is 28.4 Å². The summed E-state index contributed by atoms with van der Waals surface area (Å²) in [6, 6.07) is 15.2. The molecular weight excluding hydrogens is 478 g/mol. The van der Waals surface area contributed by atoms with Crippen molar-refractivity contribution in [1.29, 1.82) is 0 Å². The lowest BCUT2D eigenvalue weighted by Gasteiger charge is -2.20. The number of halogens is 1. The summed E-state index contributed by atoms with van der Waals surface area (Å²) in [6.45, 7) is 9.75. The van der Waals surface area contributed by atoms with Gasteiger partial charge in [-0.15, -0.1) is 0 Å². The van der Waals surface area contributed by atoms with Crippen LogP contribution in [-0.4, -0.2) is 32.7 Å². The summed E-state index contributed by atoms with van der Waals surface area (Å²) in [7, 11) is 2.00. The summed E-state index contributed by atoms with van der Waals surface area (Å²) in [6.07, 6.45) is 11.5. The van der Waals surface area contributed by atoms with Crippen molar-refractivity contribution in [2.24, 2.45) is 5.41 Å². The van der Waals surface area contributed by atoms with Gasteiger partial charge in [0, 0.05) is 24.2 Å². The molecule has 2 aromatic heterocycles. The first-order valence-corrected chi connectivity index (χ1v) is 13.9. The molecule has 0 aliphatic heterocycles. The minimum atomic E-state index is 0.289. The smallest absolute Gasteiger partial charge is 0.158 e. The number of aromatic nitrogens is 4. The van der Waals surface area contributed by atoms with Crippen LogP contribution in [0.1, 0.15) is 58.7 Å². The summed E-state index contributed by atoms with van der Waals surface area (Å²) < 4.78 is 4.66. The highest BCUT2D eigenvalue weighted by molar-refractivity contribution is 6.27. The highest BCUT2D eigenvalue weighted by Crippen LogP contribution is 2.31. The molecule has 37 heavy (non-hydrogen) atoms. The Morgan fingerprint density at radius 1 is 0.865 bits per heavy atom. The van der Waals surface area contributed by atoms with Crippen LogP contribution in [0.4, 0.5) is 0 Å². The van der Waals surface area contributed by atoms with Gasteiger partial charge in [0.25, 0.3) is 0 Å². The van der Waals surface area contributed by atoms with Crippen LogP contribution in [0, 0.1) is 5.41 Å². The lowest BCUT2D eigenvalue weighted by Crippen LogP contribution is -2.11. The van der Waals surface area contributed by atoms with E-state index in [9.17, 15) is 0 Å². The third kappa shape index (κ3) is 6.91. The molecule has 0 saturated carbocycles. The monoisotopic (exact) mass is 517 g/mol. The summed E-state index contributed by atoms with van der Waals surface area (Å²) >= 11 is 5.98. The highest BCUT2D eigenvalue weighted by Gasteiger charge is 2.20. The van der Waals surface area contributed by atoms with Gasteiger partial charge in [-0.05, 0) is 67.6 Å². The molecule has 2 heterocycles. The fourth-order valence-corrected chi connectivity index (χ4v) is 5.01. The van der Waals surface area contributed by atoms with Gasteiger partial charge in [-0.3, -0.25) is 0 Å². The van der Waals surface area contributed by atoms with Crippen LogP contribution in [0.3, 0.4) is 0 Å². The Kier molecular flexibility index (Phi) is 9.23. The minimum absolute atomic E-state index is 0.289. The van der Waals surface area contributed by atoms with E-state index in [1.54, 1.807) is 5.54 Å². The average Bonchev–Trinajstić information content (AvgIpc) is 3.47. The van der Waals surface area contributed by atoms with E-state index in [0.29, 0.717) is 0 Å². The molecule has 1 N–H and O–H groups in total. The molecule has 0 bridgehead atoms. The van der Waals surface area contributed by atoms with Crippen molar-refractivity contribution in [3.05, 3.63) is 66.2 Å². The minimum Gasteiger partial charge on any atom is -0.323 e. The number of hydrogen-bond donors (Lipinski definition) is 1. The Hall–Kier alpha value is -2.89. The van der Waals surface area contributed by atoms with Gasteiger partial charge in [-0.1, -0.05) is 75.2 Å². The molecule has 0 fully saturated rings. The van der Waals surface area contributed by atoms with Gasteiger partial charge >= 0.3 is 0 Å². The van der Waals surface area contributed by atoms with E-state index < -0.39 is 0 Å². The van der Waals surface area contributed by atoms with Crippen molar-refractivity contribution in [3.8, 4) is 22.8 Å². The molecule has 0 radical (unpaired) electrons. The van der Waals surface area contributed by atoms with Crippen LogP contribution in [0.5, 0.6) is 0 Å². The summed E-state index contributed by atoms with van der Waals surface area (Å²) in [5.41, 5.74) is 5.20. The van der Waals surface area contributed by atoms with Crippen LogP contribution in [0.15, 0.2) is 60.4 Å². The van der Waals surface area contributed by atoms with Gasteiger partial charge in [-0.25, -0.2) is 9.97 Å². The highest BCUT2D eigenvalue weighted by atomic mass is 35.5.